The Morgan fingerprint density at radius 1 is 0.500 bits per heavy atom. The van der Waals surface area contributed by atoms with E-state index in [1.54, 1.807) is 14.1 Å². The van der Waals surface area contributed by atoms with Crippen LogP contribution in [0.15, 0.2) is 30.3 Å². The van der Waals surface area contributed by atoms with E-state index >= 15 is 0 Å². The third-order valence-corrected chi connectivity index (χ3v) is 15.0. The van der Waals surface area contributed by atoms with Crippen molar-refractivity contribution in [2.75, 3.05) is 46.7 Å². The van der Waals surface area contributed by atoms with Crippen molar-refractivity contribution in [2.24, 2.45) is 0 Å². The first-order valence-corrected chi connectivity index (χ1v) is 28.6. The van der Waals surface area contributed by atoms with Crippen molar-refractivity contribution in [2.45, 2.75) is 212 Å². The molecule has 1 fully saturated rings. The highest BCUT2D eigenvalue weighted by atomic mass is 32.2. The molecule has 1 heterocycles. The van der Waals surface area contributed by atoms with Gasteiger partial charge in [0.05, 0.1) is 5.75 Å². The molecule has 1 saturated heterocycles. The molecule has 418 valence electrons. The number of hydrogen-bond acceptors (Lipinski definition) is 10. The lowest BCUT2D eigenvalue weighted by atomic mass is 10.00. The van der Waals surface area contributed by atoms with E-state index in [2.05, 4.69) is 26.6 Å². The van der Waals surface area contributed by atoms with Gasteiger partial charge >= 0.3 is 0 Å². The summed E-state index contributed by atoms with van der Waals surface area (Å²) in [5.41, 5.74) is 0.756. The maximum atomic E-state index is 14.9. The number of carbonyl (C=O) groups excluding carboxylic acids is 9. The quantitative estimate of drug-likeness (QED) is 0.109. The largest absolute Gasteiger partial charge is 0.357 e. The highest BCUT2D eigenvalue weighted by Gasteiger charge is 2.41. The molecule has 8 atom stereocenters. The van der Waals surface area contributed by atoms with Crippen molar-refractivity contribution in [3.05, 3.63) is 35.9 Å². The zero-order chi connectivity index (χ0) is 55.3. The summed E-state index contributed by atoms with van der Waals surface area (Å²) in [6.07, 6.45) is 9.50. The van der Waals surface area contributed by atoms with Crippen molar-refractivity contribution >= 4 is 64.9 Å². The number of likely N-dealkylation sites (N-methyl/N-ethyl adjacent to an activating group) is 5. The third-order valence-electron chi connectivity index (χ3n) is 14.0. The Morgan fingerprint density at radius 2 is 0.878 bits per heavy atom. The van der Waals surface area contributed by atoms with Gasteiger partial charge in [0.1, 0.15) is 48.3 Å². The zero-order valence-electron chi connectivity index (χ0n) is 46.7. The Labute approximate surface area is 447 Å². The number of carbonyl (C=O) groups is 9. The Bertz CT molecular complexity index is 1940. The SMILES string of the molecule is CCCC[C@@H]1NC(=O)[C@H](Cc2ccccc2)NC(=O)CSC[C@@H](C(=O)NC)NC(=O)[C@H](CCCC)N(C)C(=O)[C@H](CCCC)N(C)C(=O)[C@H](CCCC)N(C)C(=O)[C@H](CCCC)NC(=O)[C@H](CCCC)N(C)C1=O. The van der Waals surface area contributed by atoms with Crippen LogP contribution in [-0.2, 0) is 49.6 Å². The van der Waals surface area contributed by atoms with E-state index in [-0.39, 0.29) is 56.5 Å². The van der Waals surface area contributed by atoms with Gasteiger partial charge in [0, 0.05) is 47.4 Å². The van der Waals surface area contributed by atoms with Crippen LogP contribution in [0.25, 0.3) is 0 Å². The fourth-order valence-corrected chi connectivity index (χ4v) is 10.1. The van der Waals surface area contributed by atoms with Gasteiger partial charge in [-0.25, -0.2) is 0 Å². The summed E-state index contributed by atoms with van der Waals surface area (Å²) in [6, 6.07) is 0.746. The maximum absolute atomic E-state index is 14.9. The molecule has 1 aliphatic rings. The average molecular weight is 1060 g/mol. The van der Waals surface area contributed by atoms with Crippen molar-refractivity contribution < 1.29 is 43.2 Å². The molecule has 1 aromatic carbocycles. The van der Waals surface area contributed by atoms with Crippen molar-refractivity contribution in [3.8, 4) is 0 Å². The molecule has 0 bridgehead atoms. The molecule has 18 nitrogen and oxygen atoms in total. The molecule has 2 rings (SSSR count). The molecular weight excluding hydrogens is 963 g/mol. The summed E-state index contributed by atoms with van der Waals surface area (Å²) < 4.78 is 0. The Morgan fingerprint density at radius 3 is 1.32 bits per heavy atom. The molecule has 1 aliphatic heterocycles. The zero-order valence-corrected chi connectivity index (χ0v) is 47.5. The summed E-state index contributed by atoms with van der Waals surface area (Å²) in [5.74, 6) is -4.87. The molecular formula is C55H93N9O9S. The van der Waals surface area contributed by atoms with E-state index in [9.17, 15) is 43.2 Å². The predicted molar refractivity (Wildman–Crippen MR) is 293 cm³/mol. The summed E-state index contributed by atoms with van der Waals surface area (Å²) in [6.45, 7) is 11.8. The van der Waals surface area contributed by atoms with Gasteiger partial charge in [-0.05, 0) is 44.1 Å². The number of hydrogen-bond donors (Lipinski definition) is 5. The molecule has 0 radical (unpaired) electrons. The van der Waals surface area contributed by atoms with E-state index in [1.165, 1.54) is 40.7 Å². The summed E-state index contributed by atoms with van der Waals surface area (Å²) in [5, 5.41) is 14.2. The van der Waals surface area contributed by atoms with Crippen LogP contribution >= 0.6 is 11.8 Å². The van der Waals surface area contributed by atoms with Crippen molar-refractivity contribution in [1.82, 2.24) is 46.2 Å². The van der Waals surface area contributed by atoms with Crippen LogP contribution in [0.1, 0.15) is 163 Å². The van der Waals surface area contributed by atoms with Crippen LogP contribution in [-0.4, -0.2) is 168 Å². The second-order valence-electron chi connectivity index (χ2n) is 19.8. The number of nitrogens with zero attached hydrogens (tertiary/aromatic N) is 4. The van der Waals surface area contributed by atoms with Gasteiger partial charge in [0.15, 0.2) is 0 Å². The van der Waals surface area contributed by atoms with Crippen molar-refractivity contribution in [1.29, 1.82) is 0 Å². The average Bonchev–Trinajstić information content (AvgIpc) is 3.39. The van der Waals surface area contributed by atoms with Gasteiger partial charge in [-0.15, -0.1) is 11.8 Å². The third kappa shape index (κ3) is 20.5. The van der Waals surface area contributed by atoms with Gasteiger partial charge in [0.25, 0.3) is 0 Å². The van der Waals surface area contributed by atoms with Crippen molar-refractivity contribution in [3.63, 3.8) is 0 Å². The molecule has 0 saturated carbocycles. The minimum Gasteiger partial charge on any atom is -0.357 e. The molecule has 0 unspecified atom stereocenters. The number of amides is 9. The first-order valence-electron chi connectivity index (χ1n) is 27.5. The Kier molecular flexibility index (Phi) is 30.8. The standard InChI is InChI=1S/C55H93N9O9S/c1-12-18-29-39-52(70)61(8)43(31-20-14-3)50(68)59-40(30-19-13-2)53(71)63(10)45(33-22-16-5)55(73)64(11)46(34-23-17-6)54(72)62(9)44(32-21-15-4)51(69)60-42(48(66)56-7)36-74-37-47(65)57-41(49(67)58-39)35-38-27-25-24-26-28-38/h24-28,39-46H,12-23,29-37H2,1-11H3,(H,56,66)(H,57,65)(H,58,67)(H,59,68)(H,60,69)/t39-,40-,41-,42-,43-,44-,45-,46-/m0/s1. The van der Waals surface area contributed by atoms with Crippen LogP contribution in [0.2, 0.25) is 0 Å². The predicted octanol–water partition coefficient (Wildman–Crippen LogP) is 5.11. The van der Waals surface area contributed by atoms with Crippen LogP contribution < -0.4 is 26.6 Å². The minimum atomic E-state index is -1.12. The van der Waals surface area contributed by atoms with Gasteiger partial charge < -0.3 is 46.2 Å². The number of benzene rings is 1. The first kappa shape index (κ1) is 64.9. The molecule has 5 N–H and O–H groups in total. The van der Waals surface area contributed by atoms with E-state index < -0.39 is 101 Å². The Hall–Kier alpha value is -5.20. The molecule has 0 spiro atoms. The second kappa shape index (κ2) is 35.1. The van der Waals surface area contributed by atoms with Gasteiger partial charge in [0.2, 0.25) is 53.2 Å². The van der Waals surface area contributed by atoms with E-state index in [0.29, 0.717) is 64.2 Å². The van der Waals surface area contributed by atoms with E-state index in [0.717, 1.165) is 30.2 Å². The van der Waals surface area contributed by atoms with Crippen LogP contribution in [0.3, 0.4) is 0 Å². The lowest BCUT2D eigenvalue weighted by Gasteiger charge is -2.38. The number of unbranched alkanes of at least 4 members (excludes halogenated alkanes) is 6. The maximum Gasteiger partial charge on any atom is 0.245 e. The van der Waals surface area contributed by atoms with Gasteiger partial charge in [-0.1, -0.05) is 149 Å². The van der Waals surface area contributed by atoms with E-state index in [1.807, 2.05) is 71.9 Å². The summed E-state index contributed by atoms with van der Waals surface area (Å²) in [7, 11) is 7.61. The monoisotopic (exact) mass is 1060 g/mol. The second-order valence-corrected chi connectivity index (χ2v) is 20.9. The number of rotatable bonds is 21. The number of nitrogens with one attached hydrogen (secondary N) is 5. The van der Waals surface area contributed by atoms with Gasteiger partial charge in [-0.2, -0.15) is 0 Å². The molecule has 0 aliphatic carbocycles. The fourth-order valence-electron chi connectivity index (χ4n) is 9.19. The normalized spacial score (nSPS) is 24.3. The first-order chi connectivity index (χ1) is 35.4. The molecule has 0 aromatic heterocycles. The lowest BCUT2D eigenvalue weighted by molar-refractivity contribution is -0.153. The molecule has 1 aromatic rings. The van der Waals surface area contributed by atoms with Crippen LogP contribution in [0.5, 0.6) is 0 Å². The fraction of sp³-hybridized carbons (Fsp3) is 0.727. The van der Waals surface area contributed by atoms with Crippen LogP contribution in [0, 0.1) is 0 Å². The molecule has 9 amide bonds. The lowest BCUT2D eigenvalue weighted by Crippen LogP contribution is -2.61. The summed E-state index contributed by atoms with van der Waals surface area (Å²) >= 11 is 1.08. The smallest absolute Gasteiger partial charge is 0.245 e. The summed E-state index contributed by atoms with van der Waals surface area (Å²) in [4.78, 5) is 135. The Balaban J connectivity index is 2.89. The molecule has 19 heteroatoms. The highest BCUT2D eigenvalue weighted by molar-refractivity contribution is 8.00. The van der Waals surface area contributed by atoms with E-state index in [4.69, 9.17) is 0 Å². The number of thioether (sulfide) groups is 1. The topological polar surface area (TPSA) is 227 Å². The molecule has 74 heavy (non-hydrogen) atoms. The van der Waals surface area contributed by atoms with Gasteiger partial charge in [-0.3, -0.25) is 43.2 Å². The highest BCUT2D eigenvalue weighted by Crippen LogP contribution is 2.22. The van der Waals surface area contributed by atoms with Crippen LogP contribution in [0.4, 0.5) is 0 Å². The minimum absolute atomic E-state index is 0.0275.